The Morgan fingerprint density at radius 2 is 2.15 bits per heavy atom. The Kier molecular flexibility index (Phi) is 6.22. The Morgan fingerprint density at radius 3 is 2.80 bits per heavy atom. The van der Waals surface area contributed by atoms with Crippen molar-refractivity contribution in [1.29, 1.82) is 0 Å². The Hall–Kier alpha value is -0.690. The summed E-state index contributed by atoms with van der Waals surface area (Å²) in [4.78, 5) is 16.0. The molecule has 2 fully saturated rings. The molecule has 0 aromatic heterocycles. The fourth-order valence-corrected chi connectivity index (χ4v) is 3.13. The van der Waals surface area contributed by atoms with Crippen molar-refractivity contribution < 1.29 is 14.6 Å². The first-order chi connectivity index (χ1) is 9.70. The van der Waals surface area contributed by atoms with Crippen LogP contribution in [-0.2, 0) is 9.53 Å². The van der Waals surface area contributed by atoms with E-state index >= 15 is 0 Å². The number of morpholine rings is 1. The third-order valence-corrected chi connectivity index (χ3v) is 4.29. The first-order valence-corrected chi connectivity index (χ1v) is 7.71. The molecular weight excluding hydrogens is 258 g/mol. The van der Waals surface area contributed by atoms with Gasteiger partial charge in [-0.05, 0) is 25.9 Å². The molecule has 2 aliphatic rings. The lowest BCUT2D eigenvalue weighted by molar-refractivity contribution is -0.139. The highest BCUT2D eigenvalue weighted by molar-refractivity contribution is 5.73. The summed E-state index contributed by atoms with van der Waals surface area (Å²) in [6, 6.07) is 0.212. The summed E-state index contributed by atoms with van der Waals surface area (Å²) in [6.45, 7) is 9.43. The van der Waals surface area contributed by atoms with Gasteiger partial charge in [0.2, 0.25) is 0 Å². The lowest BCUT2D eigenvalue weighted by Gasteiger charge is -2.32. The van der Waals surface area contributed by atoms with E-state index in [1.54, 1.807) is 0 Å². The van der Waals surface area contributed by atoms with Crippen molar-refractivity contribution in [2.75, 3.05) is 52.5 Å². The molecule has 2 aliphatic heterocycles. The molecule has 20 heavy (non-hydrogen) atoms. The summed E-state index contributed by atoms with van der Waals surface area (Å²) >= 11 is 0. The average Bonchev–Trinajstić information content (AvgIpc) is 2.93. The summed E-state index contributed by atoms with van der Waals surface area (Å²) < 4.78 is 5.39. The molecule has 2 atom stereocenters. The van der Waals surface area contributed by atoms with Crippen LogP contribution in [0.2, 0.25) is 0 Å². The molecule has 2 unspecified atom stereocenters. The molecule has 0 aromatic rings. The van der Waals surface area contributed by atoms with Gasteiger partial charge in [0.25, 0.3) is 0 Å². The Balaban J connectivity index is 1.71. The molecule has 2 saturated heterocycles. The van der Waals surface area contributed by atoms with E-state index in [1.165, 1.54) is 6.42 Å². The smallest absolute Gasteiger partial charge is 0.320 e. The average molecular weight is 285 g/mol. The van der Waals surface area contributed by atoms with Crippen LogP contribution in [0.25, 0.3) is 0 Å². The van der Waals surface area contributed by atoms with Crippen LogP contribution in [0.4, 0.5) is 0 Å². The van der Waals surface area contributed by atoms with Crippen LogP contribution in [-0.4, -0.2) is 85.4 Å². The second-order valence-corrected chi connectivity index (χ2v) is 5.63. The molecule has 116 valence electrons. The molecule has 0 aliphatic carbocycles. The Labute approximate surface area is 121 Å². The van der Waals surface area contributed by atoms with Crippen LogP contribution in [0.5, 0.6) is 0 Å². The van der Waals surface area contributed by atoms with Crippen LogP contribution < -0.4 is 5.32 Å². The van der Waals surface area contributed by atoms with Crippen molar-refractivity contribution in [3.63, 3.8) is 0 Å². The lowest BCUT2D eigenvalue weighted by atomic mass is 10.2. The SMILES string of the molecule is CCNC(CCN1CCC(N2CCOCC2)C1)C(=O)O. The number of carbonyl (C=O) groups is 1. The molecule has 2 heterocycles. The van der Waals surface area contributed by atoms with Gasteiger partial charge in [0.1, 0.15) is 6.04 Å². The van der Waals surface area contributed by atoms with Gasteiger partial charge in [0.05, 0.1) is 13.2 Å². The Morgan fingerprint density at radius 1 is 1.40 bits per heavy atom. The van der Waals surface area contributed by atoms with E-state index in [0.29, 0.717) is 19.0 Å². The molecule has 6 nitrogen and oxygen atoms in total. The second kappa shape index (κ2) is 7.93. The van der Waals surface area contributed by atoms with E-state index in [4.69, 9.17) is 9.84 Å². The van der Waals surface area contributed by atoms with Gasteiger partial charge >= 0.3 is 5.97 Å². The summed E-state index contributed by atoms with van der Waals surface area (Å²) in [7, 11) is 0. The van der Waals surface area contributed by atoms with Crippen molar-refractivity contribution in [1.82, 2.24) is 15.1 Å². The molecular formula is C14H27N3O3. The maximum absolute atomic E-state index is 11.1. The van der Waals surface area contributed by atoms with Crippen LogP contribution in [0.15, 0.2) is 0 Å². The molecule has 0 saturated carbocycles. The molecule has 0 amide bonds. The number of aliphatic carboxylic acids is 1. The molecule has 2 N–H and O–H groups in total. The zero-order valence-electron chi connectivity index (χ0n) is 12.4. The van der Waals surface area contributed by atoms with Gasteiger partial charge in [0, 0.05) is 32.2 Å². The van der Waals surface area contributed by atoms with Gasteiger partial charge in [-0.25, -0.2) is 0 Å². The normalized spacial score (nSPS) is 26.8. The standard InChI is InChI=1S/C14H27N3O3/c1-2-15-13(14(18)19)4-6-16-5-3-12(11-16)17-7-9-20-10-8-17/h12-13,15H,2-11H2,1H3,(H,18,19). The fraction of sp³-hybridized carbons (Fsp3) is 0.929. The molecule has 0 spiro atoms. The van der Waals surface area contributed by atoms with Crippen LogP contribution in [0, 0.1) is 0 Å². The van der Waals surface area contributed by atoms with Gasteiger partial charge in [-0.15, -0.1) is 0 Å². The largest absolute Gasteiger partial charge is 0.480 e. The number of hydrogen-bond acceptors (Lipinski definition) is 5. The van der Waals surface area contributed by atoms with Crippen molar-refractivity contribution in [2.45, 2.75) is 31.8 Å². The third-order valence-electron chi connectivity index (χ3n) is 4.29. The van der Waals surface area contributed by atoms with Crippen LogP contribution in [0.3, 0.4) is 0 Å². The summed E-state index contributed by atoms with van der Waals surface area (Å²) in [6.07, 6.45) is 1.87. The predicted octanol–water partition coefficient (Wildman–Crippen LogP) is -0.154. The highest BCUT2D eigenvalue weighted by Crippen LogP contribution is 2.17. The number of likely N-dealkylation sites (tertiary alicyclic amines) is 1. The van der Waals surface area contributed by atoms with Gasteiger partial charge < -0.3 is 20.1 Å². The number of ether oxygens (including phenoxy) is 1. The summed E-state index contributed by atoms with van der Waals surface area (Å²) in [5.74, 6) is -0.740. The lowest BCUT2D eigenvalue weighted by Crippen LogP contribution is -2.45. The topological polar surface area (TPSA) is 65.0 Å². The zero-order chi connectivity index (χ0) is 14.4. The van der Waals surface area contributed by atoms with Gasteiger partial charge in [0.15, 0.2) is 0 Å². The van der Waals surface area contributed by atoms with Crippen LogP contribution >= 0.6 is 0 Å². The minimum absolute atomic E-state index is 0.414. The number of rotatable bonds is 7. The van der Waals surface area contributed by atoms with E-state index in [1.807, 2.05) is 6.92 Å². The van der Waals surface area contributed by atoms with Crippen LogP contribution in [0.1, 0.15) is 19.8 Å². The van der Waals surface area contributed by atoms with E-state index in [-0.39, 0.29) is 0 Å². The van der Waals surface area contributed by atoms with Crippen molar-refractivity contribution >= 4 is 5.97 Å². The maximum atomic E-state index is 11.1. The quantitative estimate of drug-likeness (QED) is 0.678. The highest BCUT2D eigenvalue weighted by atomic mass is 16.5. The zero-order valence-corrected chi connectivity index (χ0v) is 12.4. The molecule has 0 radical (unpaired) electrons. The first-order valence-electron chi connectivity index (χ1n) is 7.71. The number of likely N-dealkylation sites (N-methyl/N-ethyl adjacent to an activating group) is 1. The predicted molar refractivity (Wildman–Crippen MR) is 77.0 cm³/mol. The molecule has 0 bridgehead atoms. The van der Waals surface area contributed by atoms with Crippen molar-refractivity contribution in [3.8, 4) is 0 Å². The summed E-state index contributed by atoms with van der Waals surface area (Å²) in [5, 5.41) is 12.2. The third kappa shape index (κ3) is 4.41. The van der Waals surface area contributed by atoms with E-state index in [0.717, 1.165) is 45.9 Å². The maximum Gasteiger partial charge on any atom is 0.320 e. The molecule has 2 rings (SSSR count). The van der Waals surface area contributed by atoms with E-state index in [9.17, 15) is 4.79 Å². The number of nitrogens with zero attached hydrogens (tertiary/aromatic N) is 2. The minimum Gasteiger partial charge on any atom is -0.480 e. The van der Waals surface area contributed by atoms with E-state index in [2.05, 4.69) is 15.1 Å². The molecule has 0 aromatic carbocycles. The first kappa shape index (κ1) is 15.7. The number of carboxylic acids is 1. The van der Waals surface area contributed by atoms with E-state index < -0.39 is 12.0 Å². The number of nitrogens with one attached hydrogen (secondary N) is 1. The fourth-order valence-electron chi connectivity index (χ4n) is 3.13. The van der Waals surface area contributed by atoms with Gasteiger partial charge in [-0.2, -0.15) is 0 Å². The Bertz CT molecular complexity index is 308. The molecule has 6 heteroatoms. The second-order valence-electron chi connectivity index (χ2n) is 5.63. The summed E-state index contributed by atoms with van der Waals surface area (Å²) in [5.41, 5.74) is 0. The number of carboxylic acid groups (broad SMARTS) is 1. The van der Waals surface area contributed by atoms with Gasteiger partial charge in [-0.1, -0.05) is 6.92 Å². The highest BCUT2D eigenvalue weighted by Gasteiger charge is 2.29. The van der Waals surface area contributed by atoms with Crippen molar-refractivity contribution in [3.05, 3.63) is 0 Å². The minimum atomic E-state index is -0.740. The van der Waals surface area contributed by atoms with Gasteiger partial charge in [-0.3, -0.25) is 9.69 Å². The monoisotopic (exact) mass is 285 g/mol. The number of hydrogen-bond donors (Lipinski definition) is 2. The van der Waals surface area contributed by atoms with Crippen molar-refractivity contribution in [2.24, 2.45) is 0 Å².